The van der Waals surface area contributed by atoms with Gasteiger partial charge in [-0.25, -0.2) is 0 Å². The zero-order valence-electron chi connectivity index (χ0n) is 17.4. The predicted molar refractivity (Wildman–Crippen MR) is 119 cm³/mol. The fourth-order valence-electron chi connectivity index (χ4n) is 2.81. The lowest BCUT2D eigenvalue weighted by Gasteiger charge is -2.29. The molecule has 2 amide bonds. The molecule has 5 nitrogen and oxygen atoms in total. The number of ether oxygens (including phenoxy) is 1. The third kappa shape index (κ3) is 7.20. The molecule has 1 N–H and O–H groups in total. The van der Waals surface area contributed by atoms with Crippen molar-refractivity contribution in [3.8, 4) is 5.75 Å². The number of carbonyl (C=O) groups is 2. The molecule has 0 aliphatic rings. The third-order valence-corrected chi connectivity index (χ3v) is 5.26. The standard InChI is InChI=1S/C23H29BrN2O3/c1-5-17(3)25-23(28)18(4)26(14-19-9-7-10-20(24)13-19)22(27)15-29-21-11-6-8-16(2)12-21/h6-13,17-18H,5,14-15H2,1-4H3,(H,25,28)/t17-,18+/m0/s1. The number of benzene rings is 2. The summed E-state index contributed by atoms with van der Waals surface area (Å²) in [4.78, 5) is 27.2. The van der Waals surface area contributed by atoms with E-state index in [4.69, 9.17) is 4.74 Å². The Labute approximate surface area is 181 Å². The van der Waals surface area contributed by atoms with Crippen LogP contribution in [-0.2, 0) is 16.1 Å². The van der Waals surface area contributed by atoms with Gasteiger partial charge in [-0.1, -0.05) is 47.1 Å². The second-order valence-corrected chi connectivity index (χ2v) is 8.17. The van der Waals surface area contributed by atoms with Gasteiger partial charge < -0.3 is 15.0 Å². The van der Waals surface area contributed by atoms with E-state index in [1.165, 1.54) is 0 Å². The summed E-state index contributed by atoms with van der Waals surface area (Å²) in [5.74, 6) is 0.231. The van der Waals surface area contributed by atoms with Gasteiger partial charge in [0.15, 0.2) is 6.61 Å². The van der Waals surface area contributed by atoms with Crippen LogP contribution >= 0.6 is 15.9 Å². The van der Waals surface area contributed by atoms with E-state index in [9.17, 15) is 9.59 Å². The average Bonchev–Trinajstić information content (AvgIpc) is 2.69. The molecule has 0 aromatic heterocycles. The van der Waals surface area contributed by atoms with E-state index < -0.39 is 6.04 Å². The van der Waals surface area contributed by atoms with Crippen molar-refractivity contribution in [1.29, 1.82) is 0 Å². The van der Waals surface area contributed by atoms with E-state index in [2.05, 4.69) is 21.2 Å². The summed E-state index contributed by atoms with van der Waals surface area (Å²) in [6.07, 6.45) is 0.828. The highest BCUT2D eigenvalue weighted by atomic mass is 79.9. The Morgan fingerprint density at radius 2 is 1.86 bits per heavy atom. The Morgan fingerprint density at radius 3 is 2.52 bits per heavy atom. The van der Waals surface area contributed by atoms with Gasteiger partial charge in [-0.05, 0) is 62.6 Å². The lowest BCUT2D eigenvalue weighted by Crippen LogP contribution is -2.50. The summed E-state index contributed by atoms with van der Waals surface area (Å²) in [5, 5.41) is 2.96. The van der Waals surface area contributed by atoms with Gasteiger partial charge in [0, 0.05) is 17.1 Å². The van der Waals surface area contributed by atoms with E-state index in [1.54, 1.807) is 11.8 Å². The van der Waals surface area contributed by atoms with Crippen LogP contribution in [0, 0.1) is 6.92 Å². The molecule has 0 aliphatic carbocycles. The lowest BCUT2D eigenvalue weighted by molar-refractivity contribution is -0.142. The van der Waals surface area contributed by atoms with Crippen molar-refractivity contribution in [2.45, 2.75) is 52.7 Å². The fraction of sp³-hybridized carbons (Fsp3) is 0.391. The number of hydrogen-bond acceptors (Lipinski definition) is 3. The molecule has 6 heteroatoms. The maximum atomic E-state index is 13.0. The zero-order valence-corrected chi connectivity index (χ0v) is 19.0. The average molecular weight is 461 g/mol. The highest BCUT2D eigenvalue weighted by molar-refractivity contribution is 9.10. The van der Waals surface area contributed by atoms with E-state index in [0.717, 1.165) is 22.0 Å². The van der Waals surface area contributed by atoms with Crippen molar-refractivity contribution < 1.29 is 14.3 Å². The molecule has 0 bridgehead atoms. The Hall–Kier alpha value is -2.34. The van der Waals surface area contributed by atoms with Crippen molar-refractivity contribution in [2.24, 2.45) is 0 Å². The van der Waals surface area contributed by atoms with Crippen LogP contribution in [0.3, 0.4) is 0 Å². The molecule has 156 valence electrons. The normalized spacial score (nSPS) is 12.7. The maximum Gasteiger partial charge on any atom is 0.261 e. The largest absolute Gasteiger partial charge is 0.484 e. The van der Waals surface area contributed by atoms with Gasteiger partial charge >= 0.3 is 0 Å². The molecule has 2 aromatic carbocycles. The molecule has 29 heavy (non-hydrogen) atoms. The molecular weight excluding hydrogens is 432 g/mol. The van der Waals surface area contributed by atoms with Crippen molar-refractivity contribution in [3.63, 3.8) is 0 Å². The molecule has 0 fully saturated rings. The highest BCUT2D eigenvalue weighted by Crippen LogP contribution is 2.17. The van der Waals surface area contributed by atoms with E-state index in [-0.39, 0.29) is 24.5 Å². The lowest BCUT2D eigenvalue weighted by atomic mass is 10.1. The number of amides is 2. The third-order valence-electron chi connectivity index (χ3n) is 4.76. The van der Waals surface area contributed by atoms with Gasteiger partial charge in [0.1, 0.15) is 11.8 Å². The number of halogens is 1. The summed E-state index contributed by atoms with van der Waals surface area (Å²) >= 11 is 3.46. The number of carbonyl (C=O) groups excluding carboxylic acids is 2. The van der Waals surface area contributed by atoms with Crippen molar-refractivity contribution in [3.05, 3.63) is 64.1 Å². The highest BCUT2D eigenvalue weighted by Gasteiger charge is 2.27. The zero-order chi connectivity index (χ0) is 21.4. The Morgan fingerprint density at radius 1 is 1.14 bits per heavy atom. The van der Waals surface area contributed by atoms with Gasteiger partial charge in [-0.3, -0.25) is 9.59 Å². The van der Waals surface area contributed by atoms with Gasteiger partial charge in [-0.2, -0.15) is 0 Å². The molecule has 0 aliphatic heterocycles. The van der Waals surface area contributed by atoms with Crippen LogP contribution in [0.15, 0.2) is 53.0 Å². The Balaban J connectivity index is 2.15. The quantitative estimate of drug-likeness (QED) is 0.600. The van der Waals surface area contributed by atoms with Crippen LogP contribution in [-0.4, -0.2) is 35.4 Å². The van der Waals surface area contributed by atoms with E-state index >= 15 is 0 Å². The van der Waals surface area contributed by atoms with Crippen molar-refractivity contribution in [1.82, 2.24) is 10.2 Å². The minimum absolute atomic E-state index is 0.0521. The molecule has 2 rings (SSSR count). The minimum Gasteiger partial charge on any atom is -0.484 e. The molecule has 2 aromatic rings. The number of nitrogens with zero attached hydrogens (tertiary/aromatic N) is 1. The Kier molecular flexibility index (Phi) is 8.70. The Bertz CT molecular complexity index is 840. The SMILES string of the molecule is CC[C@H](C)NC(=O)[C@@H](C)N(Cc1cccc(Br)c1)C(=O)COc1cccc(C)c1. The predicted octanol–water partition coefficient (Wildman–Crippen LogP) is 4.47. The number of aryl methyl sites for hydroxylation is 1. The summed E-state index contributed by atoms with van der Waals surface area (Å²) in [6.45, 7) is 7.88. The molecule has 0 heterocycles. The van der Waals surface area contributed by atoms with Gasteiger partial charge in [0.2, 0.25) is 5.91 Å². The number of nitrogens with one attached hydrogen (secondary N) is 1. The maximum absolute atomic E-state index is 13.0. The first-order valence-electron chi connectivity index (χ1n) is 9.84. The summed E-state index contributed by atoms with van der Waals surface area (Å²) in [7, 11) is 0. The minimum atomic E-state index is -0.614. The van der Waals surface area contributed by atoms with Gasteiger partial charge in [0.05, 0.1) is 0 Å². The molecule has 0 radical (unpaired) electrons. The van der Waals surface area contributed by atoms with Crippen LogP contribution in [0.1, 0.15) is 38.3 Å². The summed E-state index contributed by atoms with van der Waals surface area (Å²) in [6, 6.07) is 14.7. The molecule has 0 unspecified atom stereocenters. The number of hydrogen-bond donors (Lipinski definition) is 1. The number of rotatable bonds is 9. The summed E-state index contributed by atoms with van der Waals surface area (Å²) < 4.78 is 6.62. The van der Waals surface area contributed by atoms with E-state index in [1.807, 2.05) is 69.3 Å². The summed E-state index contributed by atoms with van der Waals surface area (Å²) in [5.41, 5.74) is 1.99. The molecule has 0 saturated carbocycles. The molecule has 2 atom stereocenters. The van der Waals surface area contributed by atoms with Crippen LogP contribution in [0.25, 0.3) is 0 Å². The van der Waals surface area contributed by atoms with Crippen molar-refractivity contribution in [2.75, 3.05) is 6.61 Å². The molecule has 0 spiro atoms. The van der Waals surface area contributed by atoms with Gasteiger partial charge in [-0.15, -0.1) is 0 Å². The van der Waals surface area contributed by atoms with Crippen LogP contribution < -0.4 is 10.1 Å². The topological polar surface area (TPSA) is 58.6 Å². The smallest absolute Gasteiger partial charge is 0.261 e. The second-order valence-electron chi connectivity index (χ2n) is 7.25. The first-order valence-corrected chi connectivity index (χ1v) is 10.6. The van der Waals surface area contributed by atoms with Gasteiger partial charge in [0.25, 0.3) is 5.91 Å². The van der Waals surface area contributed by atoms with Crippen molar-refractivity contribution >= 4 is 27.7 Å². The van der Waals surface area contributed by atoms with Crippen LogP contribution in [0.2, 0.25) is 0 Å². The first-order chi connectivity index (χ1) is 13.8. The second kappa shape index (κ2) is 11.0. The van der Waals surface area contributed by atoms with Crippen LogP contribution in [0.5, 0.6) is 5.75 Å². The molecular formula is C23H29BrN2O3. The first kappa shape index (κ1) is 22.9. The fourth-order valence-corrected chi connectivity index (χ4v) is 3.26. The van der Waals surface area contributed by atoms with E-state index in [0.29, 0.717) is 12.3 Å². The monoisotopic (exact) mass is 460 g/mol. The molecule has 0 saturated heterocycles. The van der Waals surface area contributed by atoms with Crippen LogP contribution in [0.4, 0.5) is 0 Å².